The van der Waals surface area contributed by atoms with Crippen LogP contribution in [-0.4, -0.2) is 5.97 Å². The predicted octanol–water partition coefficient (Wildman–Crippen LogP) is 4.84. The van der Waals surface area contributed by atoms with Gasteiger partial charge in [-0.1, -0.05) is 26.0 Å². The van der Waals surface area contributed by atoms with Crippen LogP contribution >= 0.6 is 0 Å². The van der Waals surface area contributed by atoms with E-state index in [0.29, 0.717) is 18.1 Å². The van der Waals surface area contributed by atoms with Gasteiger partial charge in [-0.15, -0.1) is 0 Å². The van der Waals surface area contributed by atoms with Gasteiger partial charge in [0.25, 0.3) is 0 Å². The lowest BCUT2D eigenvalue weighted by Crippen LogP contribution is -2.09. The molecule has 1 unspecified atom stereocenters. The highest BCUT2D eigenvalue weighted by molar-refractivity contribution is 5.91. The van der Waals surface area contributed by atoms with Gasteiger partial charge >= 0.3 is 5.97 Å². The van der Waals surface area contributed by atoms with E-state index in [1.165, 1.54) is 0 Å². The van der Waals surface area contributed by atoms with E-state index in [9.17, 15) is 18.0 Å². The maximum absolute atomic E-state index is 13.1. The SMILES string of the molecule is CCC(C)c1ccc(C(=O)Oc2cc(F)c(F)c(F)c2)cc1. The Bertz CT molecular complexity index is 658. The van der Waals surface area contributed by atoms with Gasteiger partial charge in [0.15, 0.2) is 17.5 Å². The third kappa shape index (κ3) is 3.47. The van der Waals surface area contributed by atoms with Crippen LogP contribution in [0.1, 0.15) is 42.1 Å². The molecule has 0 fully saturated rings. The lowest BCUT2D eigenvalue weighted by Gasteiger charge is -2.10. The second kappa shape index (κ2) is 6.64. The average Bonchev–Trinajstić information content (AvgIpc) is 2.51. The molecule has 2 aromatic rings. The highest BCUT2D eigenvalue weighted by Crippen LogP contribution is 2.22. The first-order chi connectivity index (χ1) is 10.4. The van der Waals surface area contributed by atoms with Crippen LogP contribution in [0.4, 0.5) is 13.2 Å². The molecule has 2 nitrogen and oxygen atoms in total. The van der Waals surface area contributed by atoms with E-state index >= 15 is 0 Å². The normalized spacial score (nSPS) is 12.0. The van der Waals surface area contributed by atoms with Gasteiger partial charge in [-0.2, -0.15) is 0 Å². The molecule has 0 N–H and O–H groups in total. The third-order valence-electron chi connectivity index (χ3n) is 3.50. The molecular weight excluding hydrogens is 293 g/mol. The van der Waals surface area contributed by atoms with Crippen molar-refractivity contribution in [2.45, 2.75) is 26.2 Å². The van der Waals surface area contributed by atoms with Gasteiger partial charge in [0.1, 0.15) is 5.75 Å². The topological polar surface area (TPSA) is 26.3 Å². The summed E-state index contributed by atoms with van der Waals surface area (Å²) in [7, 11) is 0. The fraction of sp³-hybridized carbons (Fsp3) is 0.235. The number of hydrogen-bond donors (Lipinski definition) is 0. The quantitative estimate of drug-likeness (QED) is 0.459. The van der Waals surface area contributed by atoms with Gasteiger partial charge < -0.3 is 4.74 Å². The number of rotatable bonds is 4. The number of hydrogen-bond acceptors (Lipinski definition) is 2. The number of carbonyl (C=O) groups excluding carboxylic acids is 1. The molecule has 0 saturated heterocycles. The summed E-state index contributed by atoms with van der Waals surface area (Å²) in [6, 6.07) is 8.03. The number of ether oxygens (including phenoxy) is 1. The molecule has 0 aromatic heterocycles. The Morgan fingerprint density at radius 2 is 1.64 bits per heavy atom. The summed E-state index contributed by atoms with van der Waals surface area (Å²) < 4.78 is 43.8. The van der Waals surface area contributed by atoms with E-state index in [4.69, 9.17) is 4.74 Å². The molecule has 0 aliphatic heterocycles. The number of benzene rings is 2. The zero-order chi connectivity index (χ0) is 16.3. The van der Waals surface area contributed by atoms with Crippen molar-refractivity contribution in [2.75, 3.05) is 0 Å². The Hall–Kier alpha value is -2.30. The Balaban J connectivity index is 2.15. The molecule has 116 valence electrons. The Kier molecular flexibility index (Phi) is 4.85. The summed E-state index contributed by atoms with van der Waals surface area (Å²) in [6.45, 7) is 4.13. The molecule has 0 bridgehead atoms. The van der Waals surface area contributed by atoms with Crippen molar-refractivity contribution in [3.8, 4) is 5.75 Å². The summed E-state index contributed by atoms with van der Waals surface area (Å²) >= 11 is 0. The largest absolute Gasteiger partial charge is 0.423 e. The van der Waals surface area contributed by atoms with Gasteiger partial charge in [0.05, 0.1) is 5.56 Å². The van der Waals surface area contributed by atoms with E-state index in [-0.39, 0.29) is 11.3 Å². The van der Waals surface area contributed by atoms with Crippen LogP contribution in [0.25, 0.3) is 0 Å². The number of carbonyl (C=O) groups is 1. The summed E-state index contributed by atoms with van der Waals surface area (Å²) in [5, 5.41) is 0. The van der Waals surface area contributed by atoms with Crippen molar-refractivity contribution in [2.24, 2.45) is 0 Å². The van der Waals surface area contributed by atoms with Crippen molar-refractivity contribution in [3.63, 3.8) is 0 Å². The summed E-state index contributed by atoms with van der Waals surface area (Å²) in [5.41, 5.74) is 1.33. The van der Waals surface area contributed by atoms with Crippen molar-refractivity contribution in [1.82, 2.24) is 0 Å². The van der Waals surface area contributed by atoms with Gasteiger partial charge in [0, 0.05) is 12.1 Å². The Morgan fingerprint density at radius 1 is 1.09 bits per heavy atom. The molecule has 5 heteroatoms. The fourth-order valence-corrected chi connectivity index (χ4v) is 1.94. The first-order valence-electron chi connectivity index (χ1n) is 6.89. The average molecular weight is 308 g/mol. The third-order valence-corrected chi connectivity index (χ3v) is 3.50. The van der Waals surface area contributed by atoms with E-state index in [1.54, 1.807) is 24.3 Å². The molecule has 0 radical (unpaired) electrons. The van der Waals surface area contributed by atoms with Gasteiger partial charge in [-0.25, -0.2) is 18.0 Å². The second-order valence-corrected chi connectivity index (χ2v) is 5.02. The van der Waals surface area contributed by atoms with Gasteiger partial charge in [0.2, 0.25) is 0 Å². The minimum Gasteiger partial charge on any atom is -0.423 e. The summed E-state index contributed by atoms with van der Waals surface area (Å²) in [5.74, 6) is -5.19. The molecule has 22 heavy (non-hydrogen) atoms. The molecular formula is C17H15F3O2. The molecule has 0 spiro atoms. The van der Waals surface area contributed by atoms with Crippen molar-refractivity contribution in [1.29, 1.82) is 0 Å². The Morgan fingerprint density at radius 3 is 2.14 bits per heavy atom. The first kappa shape index (κ1) is 16.1. The van der Waals surface area contributed by atoms with Crippen LogP contribution in [0.5, 0.6) is 5.75 Å². The first-order valence-corrected chi connectivity index (χ1v) is 6.89. The van der Waals surface area contributed by atoms with Crippen LogP contribution in [-0.2, 0) is 0 Å². The van der Waals surface area contributed by atoms with Crippen LogP contribution in [0.15, 0.2) is 36.4 Å². The van der Waals surface area contributed by atoms with Crippen LogP contribution in [0.2, 0.25) is 0 Å². The summed E-state index contributed by atoms with van der Waals surface area (Å²) in [4.78, 5) is 11.9. The van der Waals surface area contributed by atoms with E-state index in [1.807, 2.05) is 0 Å². The standard InChI is InChI=1S/C17H15F3O2/c1-3-10(2)11-4-6-12(7-5-11)17(21)22-13-8-14(18)16(20)15(19)9-13/h4-10H,3H2,1-2H3. The highest BCUT2D eigenvalue weighted by atomic mass is 19.2. The molecule has 2 rings (SSSR count). The van der Waals surface area contributed by atoms with Gasteiger partial charge in [-0.05, 0) is 30.0 Å². The molecule has 0 saturated carbocycles. The lowest BCUT2D eigenvalue weighted by atomic mass is 9.98. The highest BCUT2D eigenvalue weighted by Gasteiger charge is 2.15. The molecule has 0 amide bonds. The predicted molar refractivity (Wildman–Crippen MR) is 76.4 cm³/mol. The van der Waals surface area contributed by atoms with Crippen LogP contribution in [0, 0.1) is 17.5 Å². The van der Waals surface area contributed by atoms with E-state index in [0.717, 1.165) is 12.0 Å². The van der Waals surface area contributed by atoms with Crippen LogP contribution in [0.3, 0.4) is 0 Å². The zero-order valence-corrected chi connectivity index (χ0v) is 12.2. The van der Waals surface area contributed by atoms with E-state index < -0.39 is 23.4 Å². The maximum Gasteiger partial charge on any atom is 0.343 e. The van der Waals surface area contributed by atoms with E-state index in [2.05, 4.69) is 13.8 Å². The Labute approximate surface area is 126 Å². The molecule has 0 aliphatic rings. The number of esters is 1. The minimum atomic E-state index is -1.60. The van der Waals surface area contributed by atoms with Crippen molar-refractivity contribution >= 4 is 5.97 Å². The van der Waals surface area contributed by atoms with Crippen molar-refractivity contribution in [3.05, 3.63) is 65.0 Å². The minimum absolute atomic E-state index is 0.247. The zero-order valence-electron chi connectivity index (χ0n) is 12.2. The second-order valence-electron chi connectivity index (χ2n) is 5.02. The monoisotopic (exact) mass is 308 g/mol. The van der Waals surface area contributed by atoms with Gasteiger partial charge in [-0.3, -0.25) is 0 Å². The molecule has 1 atom stereocenters. The van der Waals surface area contributed by atoms with Crippen LogP contribution < -0.4 is 4.74 Å². The summed E-state index contributed by atoms with van der Waals surface area (Å²) in [6.07, 6.45) is 0.970. The van der Waals surface area contributed by atoms with Crippen molar-refractivity contribution < 1.29 is 22.7 Å². The molecule has 0 heterocycles. The number of halogens is 3. The molecule has 2 aromatic carbocycles. The smallest absolute Gasteiger partial charge is 0.343 e. The maximum atomic E-state index is 13.1. The molecule has 0 aliphatic carbocycles. The fourth-order valence-electron chi connectivity index (χ4n) is 1.94. The lowest BCUT2D eigenvalue weighted by molar-refractivity contribution is 0.0733.